The minimum Gasteiger partial charge on any atom is -0.467 e. The lowest BCUT2D eigenvalue weighted by Gasteiger charge is -2.13. The number of hydrogen-bond acceptors (Lipinski definition) is 3. The lowest BCUT2D eigenvalue weighted by Crippen LogP contribution is -2.13. The van der Waals surface area contributed by atoms with E-state index in [1.165, 1.54) is 31.2 Å². The quantitative estimate of drug-likeness (QED) is 0.572. The number of rotatable bonds is 12. The first-order valence-electron chi connectivity index (χ1n) is 8.14. The van der Waals surface area contributed by atoms with Gasteiger partial charge in [0.2, 0.25) is 0 Å². The lowest BCUT2D eigenvalue weighted by atomic mass is 10.0. The van der Waals surface area contributed by atoms with E-state index in [-0.39, 0.29) is 0 Å². The highest BCUT2D eigenvalue weighted by Crippen LogP contribution is 2.15. The van der Waals surface area contributed by atoms with E-state index in [1.54, 1.807) is 0 Å². The van der Waals surface area contributed by atoms with Crippen molar-refractivity contribution in [3.05, 3.63) is 23.7 Å². The molecule has 0 saturated carbocycles. The maximum Gasteiger partial charge on any atom is 0.129 e. The zero-order valence-corrected chi connectivity index (χ0v) is 13.4. The molecule has 0 radical (unpaired) electrons. The van der Waals surface area contributed by atoms with Crippen molar-refractivity contribution in [3.63, 3.8) is 0 Å². The summed E-state index contributed by atoms with van der Waals surface area (Å²) in [6.07, 6.45) is 8.03. The summed E-state index contributed by atoms with van der Waals surface area (Å²) in [6, 6.07) is 2.09. The molecule has 20 heavy (non-hydrogen) atoms. The summed E-state index contributed by atoms with van der Waals surface area (Å²) >= 11 is 0. The van der Waals surface area contributed by atoms with E-state index in [0.717, 1.165) is 31.9 Å². The third kappa shape index (κ3) is 7.11. The van der Waals surface area contributed by atoms with Gasteiger partial charge >= 0.3 is 0 Å². The van der Waals surface area contributed by atoms with E-state index in [9.17, 15) is 0 Å². The fourth-order valence-electron chi connectivity index (χ4n) is 2.23. The predicted molar refractivity (Wildman–Crippen MR) is 83.7 cm³/mol. The topological polar surface area (TPSA) is 34.4 Å². The van der Waals surface area contributed by atoms with Crippen LogP contribution in [0.2, 0.25) is 0 Å². The van der Waals surface area contributed by atoms with Gasteiger partial charge in [0, 0.05) is 18.7 Å². The predicted octanol–water partition coefficient (Wildman–Crippen LogP) is 4.51. The third-order valence-electron chi connectivity index (χ3n) is 3.61. The van der Waals surface area contributed by atoms with Gasteiger partial charge < -0.3 is 14.5 Å². The highest BCUT2D eigenvalue weighted by Gasteiger charge is 2.07. The van der Waals surface area contributed by atoms with Gasteiger partial charge in [-0.15, -0.1) is 0 Å². The highest BCUT2D eigenvalue weighted by atomic mass is 16.5. The summed E-state index contributed by atoms with van der Waals surface area (Å²) in [6.45, 7) is 10.0. The minimum absolute atomic E-state index is 0.594. The second kappa shape index (κ2) is 10.9. The average Bonchev–Trinajstić information content (AvgIpc) is 2.91. The molecule has 1 rings (SSSR count). The Morgan fingerprint density at radius 1 is 1.25 bits per heavy atom. The smallest absolute Gasteiger partial charge is 0.129 e. The minimum atomic E-state index is 0.594. The molecule has 0 aliphatic heterocycles. The molecular formula is C17H31NO2. The van der Waals surface area contributed by atoms with E-state index in [4.69, 9.17) is 9.15 Å². The Bertz CT molecular complexity index is 335. The summed E-state index contributed by atoms with van der Waals surface area (Å²) < 4.78 is 11.3. The van der Waals surface area contributed by atoms with Crippen LogP contribution in [0.5, 0.6) is 0 Å². The molecular weight excluding hydrogens is 250 g/mol. The first-order chi connectivity index (χ1) is 9.80. The van der Waals surface area contributed by atoms with Crippen LogP contribution in [0, 0.1) is 5.92 Å². The number of ether oxygens (including phenoxy) is 1. The standard InChI is InChI=1S/C17H31NO2/c1-4-7-8-15(6-3)12-19-14-17-10-16(13-20-17)11-18-9-5-2/h10,13,15,18H,4-9,11-12,14H2,1-3H3. The maximum absolute atomic E-state index is 5.79. The lowest BCUT2D eigenvalue weighted by molar-refractivity contribution is 0.0709. The normalized spacial score (nSPS) is 12.8. The van der Waals surface area contributed by atoms with E-state index < -0.39 is 0 Å². The number of hydrogen-bond donors (Lipinski definition) is 1. The van der Waals surface area contributed by atoms with Gasteiger partial charge in [0.1, 0.15) is 12.4 Å². The highest BCUT2D eigenvalue weighted by molar-refractivity contribution is 5.11. The first-order valence-corrected chi connectivity index (χ1v) is 8.14. The van der Waals surface area contributed by atoms with Gasteiger partial charge in [0.15, 0.2) is 0 Å². The number of nitrogens with one attached hydrogen (secondary N) is 1. The van der Waals surface area contributed by atoms with Crippen molar-refractivity contribution >= 4 is 0 Å². The van der Waals surface area contributed by atoms with Crippen LogP contribution in [-0.2, 0) is 17.9 Å². The van der Waals surface area contributed by atoms with Crippen LogP contribution in [0.1, 0.15) is 64.2 Å². The van der Waals surface area contributed by atoms with Crippen LogP contribution in [0.15, 0.2) is 16.7 Å². The second-order valence-corrected chi connectivity index (χ2v) is 5.53. The van der Waals surface area contributed by atoms with Crippen LogP contribution in [-0.4, -0.2) is 13.2 Å². The Balaban J connectivity index is 2.20. The van der Waals surface area contributed by atoms with Crippen molar-refractivity contribution in [1.82, 2.24) is 5.32 Å². The van der Waals surface area contributed by atoms with Gasteiger partial charge in [-0.1, -0.05) is 40.0 Å². The third-order valence-corrected chi connectivity index (χ3v) is 3.61. The monoisotopic (exact) mass is 281 g/mol. The van der Waals surface area contributed by atoms with Crippen LogP contribution >= 0.6 is 0 Å². The molecule has 0 aromatic carbocycles. The van der Waals surface area contributed by atoms with Gasteiger partial charge in [-0.2, -0.15) is 0 Å². The number of unbranched alkanes of at least 4 members (excludes halogenated alkanes) is 1. The van der Waals surface area contributed by atoms with Gasteiger partial charge in [0.25, 0.3) is 0 Å². The van der Waals surface area contributed by atoms with Gasteiger partial charge in [-0.25, -0.2) is 0 Å². The molecule has 0 amide bonds. The first kappa shape index (κ1) is 17.3. The van der Waals surface area contributed by atoms with Crippen LogP contribution in [0.4, 0.5) is 0 Å². The molecule has 0 saturated heterocycles. The van der Waals surface area contributed by atoms with Crippen LogP contribution < -0.4 is 5.32 Å². The Morgan fingerprint density at radius 3 is 2.80 bits per heavy atom. The maximum atomic E-state index is 5.79. The molecule has 1 aromatic heterocycles. The fourth-order valence-corrected chi connectivity index (χ4v) is 2.23. The van der Waals surface area contributed by atoms with Gasteiger partial charge in [-0.05, 0) is 31.4 Å². The molecule has 0 fully saturated rings. The van der Waals surface area contributed by atoms with Crippen LogP contribution in [0.25, 0.3) is 0 Å². The molecule has 1 unspecified atom stereocenters. The zero-order valence-electron chi connectivity index (χ0n) is 13.4. The molecule has 0 spiro atoms. The largest absolute Gasteiger partial charge is 0.467 e. The van der Waals surface area contributed by atoms with Crippen molar-refractivity contribution in [2.45, 2.75) is 66.0 Å². The van der Waals surface area contributed by atoms with E-state index in [0.29, 0.717) is 12.5 Å². The van der Waals surface area contributed by atoms with Crippen molar-refractivity contribution in [3.8, 4) is 0 Å². The molecule has 1 aromatic rings. The Labute approximate surface area is 124 Å². The zero-order chi connectivity index (χ0) is 14.6. The Kier molecular flexibility index (Phi) is 9.42. The summed E-state index contributed by atoms with van der Waals surface area (Å²) in [5.41, 5.74) is 1.20. The molecule has 0 aliphatic rings. The van der Waals surface area contributed by atoms with Crippen molar-refractivity contribution in [1.29, 1.82) is 0 Å². The molecule has 1 heterocycles. The Morgan fingerprint density at radius 2 is 2.10 bits per heavy atom. The molecule has 3 nitrogen and oxygen atoms in total. The SMILES string of the molecule is CCCCC(CC)COCc1cc(CNCCC)co1. The van der Waals surface area contributed by atoms with E-state index in [1.807, 2.05) is 6.26 Å². The van der Waals surface area contributed by atoms with Crippen LogP contribution in [0.3, 0.4) is 0 Å². The molecule has 1 N–H and O–H groups in total. The van der Waals surface area contributed by atoms with Gasteiger partial charge in [-0.3, -0.25) is 0 Å². The van der Waals surface area contributed by atoms with Crippen molar-refractivity contribution in [2.75, 3.05) is 13.2 Å². The molecule has 1 atom stereocenters. The summed E-state index contributed by atoms with van der Waals surface area (Å²) in [5, 5.41) is 3.37. The van der Waals surface area contributed by atoms with E-state index >= 15 is 0 Å². The molecule has 116 valence electrons. The Hall–Kier alpha value is -0.800. The number of furan rings is 1. The van der Waals surface area contributed by atoms with E-state index in [2.05, 4.69) is 32.2 Å². The fraction of sp³-hybridized carbons (Fsp3) is 0.765. The average molecular weight is 281 g/mol. The molecule has 0 bridgehead atoms. The van der Waals surface area contributed by atoms with Gasteiger partial charge in [0.05, 0.1) is 6.26 Å². The molecule has 3 heteroatoms. The van der Waals surface area contributed by atoms with Crippen molar-refractivity contribution < 1.29 is 9.15 Å². The molecule has 0 aliphatic carbocycles. The summed E-state index contributed by atoms with van der Waals surface area (Å²) in [7, 11) is 0. The van der Waals surface area contributed by atoms with Crippen molar-refractivity contribution in [2.24, 2.45) is 5.92 Å². The summed E-state index contributed by atoms with van der Waals surface area (Å²) in [5.74, 6) is 1.62. The summed E-state index contributed by atoms with van der Waals surface area (Å²) in [4.78, 5) is 0. The second-order valence-electron chi connectivity index (χ2n) is 5.53.